The summed E-state index contributed by atoms with van der Waals surface area (Å²) >= 11 is 1.97. The average Bonchev–Trinajstić information content (AvgIpc) is 2.69. The minimum Gasteiger partial charge on any atom is -0.508 e. The Labute approximate surface area is 88.7 Å². The molecule has 2 rings (SSSR count). The predicted octanol–water partition coefficient (Wildman–Crippen LogP) is 1.99. The van der Waals surface area contributed by atoms with E-state index in [0.717, 1.165) is 24.9 Å². The minimum absolute atomic E-state index is 0.426. The van der Waals surface area contributed by atoms with E-state index in [9.17, 15) is 5.11 Å². The van der Waals surface area contributed by atoms with Crippen LogP contribution in [-0.4, -0.2) is 22.8 Å². The largest absolute Gasteiger partial charge is 0.508 e. The number of para-hydroxylation sites is 1. The zero-order valence-electron chi connectivity index (χ0n) is 8.07. The molecular formula is C11H15NOS. The first-order valence-corrected chi connectivity index (χ1v) is 6.03. The van der Waals surface area contributed by atoms with Gasteiger partial charge in [0.15, 0.2) is 0 Å². The molecule has 1 saturated heterocycles. The highest BCUT2D eigenvalue weighted by Gasteiger charge is 2.14. The molecule has 1 aromatic carbocycles. The Bertz CT molecular complexity index is 297. The molecule has 0 amide bonds. The van der Waals surface area contributed by atoms with Gasteiger partial charge in [-0.2, -0.15) is 0 Å². The fraction of sp³-hybridized carbons (Fsp3) is 0.455. The van der Waals surface area contributed by atoms with Crippen LogP contribution in [-0.2, 0) is 6.42 Å². The van der Waals surface area contributed by atoms with E-state index < -0.39 is 0 Å². The van der Waals surface area contributed by atoms with Crippen molar-refractivity contribution in [2.24, 2.45) is 0 Å². The van der Waals surface area contributed by atoms with Crippen LogP contribution < -0.4 is 5.32 Å². The van der Waals surface area contributed by atoms with Crippen molar-refractivity contribution >= 4 is 11.8 Å². The van der Waals surface area contributed by atoms with Gasteiger partial charge in [0.1, 0.15) is 5.75 Å². The van der Waals surface area contributed by atoms with Gasteiger partial charge in [-0.3, -0.25) is 0 Å². The van der Waals surface area contributed by atoms with E-state index in [1.807, 2.05) is 30.0 Å². The Morgan fingerprint density at radius 3 is 3.00 bits per heavy atom. The molecule has 14 heavy (non-hydrogen) atoms. The van der Waals surface area contributed by atoms with Gasteiger partial charge < -0.3 is 10.4 Å². The van der Waals surface area contributed by atoms with E-state index >= 15 is 0 Å². The average molecular weight is 209 g/mol. The molecule has 1 fully saturated rings. The van der Waals surface area contributed by atoms with Gasteiger partial charge in [0.25, 0.3) is 0 Å². The number of hydrogen-bond donors (Lipinski definition) is 2. The second-order valence-electron chi connectivity index (χ2n) is 3.48. The Kier molecular flexibility index (Phi) is 3.32. The third-order valence-electron chi connectivity index (χ3n) is 2.46. The van der Waals surface area contributed by atoms with Gasteiger partial charge in [-0.05, 0) is 24.5 Å². The molecule has 1 aromatic rings. The minimum atomic E-state index is 0.426. The Hall–Kier alpha value is -0.670. The molecule has 0 aromatic heterocycles. The molecule has 2 nitrogen and oxygen atoms in total. The maximum atomic E-state index is 9.56. The molecule has 3 heteroatoms. The molecule has 0 saturated carbocycles. The van der Waals surface area contributed by atoms with Crippen LogP contribution in [0, 0.1) is 0 Å². The molecule has 1 unspecified atom stereocenters. The number of hydrogen-bond acceptors (Lipinski definition) is 3. The second-order valence-corrected chi connectivity index (χ2v) is 4.79. The van der Waals surface area contributed by atoms with Gasteiger partial charge in [0, 0.05) is 12.3 Å². The predicted molar refractivity (Wildman–Crippen MR) is 60.7 cm³/mol. The number of benzene rings is 1. The Balaban J connectivity index is 1.88. The molecule has 0 aliphatic carbocycles. The van der Waals surface area contributed by atoms with Crippen LogP contribution in [0.25, 0.3) is 0 Å². The highest BCUT2D eigenvalue weighted by molar-refractivity contribution is 8.00. The smallest absolute Gasteiger partial charge is 0.118 e. The summed E-state index contributed by atoms with van der Waals surface area (Å²) in [7, 11) is 0. The zero-order valence-corrected chi connectivity index (χ0v) is 8.89. The summed E-state index contributed by atoms with van der Waals surface area (Å²) in [6.07, 6.45) is 2.06. The van der Waals surface area contributed by atoms with Gasteiger partial charge in [0.2, 0.25) is 0 Å². The summed E-state index contributed by atoms with van der Waals surface area (Å²) in [5.41, 5.74) is 1.06. The molecule has 1 heterocycles. The summed E-state index contributed by atoms with van der Waals surface area (Å²) in [5, 5.41) is 13.6. The first-order chi connectivity index (χ1) is 6.86. The maximum Gasteiger partial charge on any atom is 0.118 e. The van der Waals surface area contributed by atoms with Crippen LogP contribution in [0.3, 0.4) is 0 Å². The van der Waals surface area contributed by atoms with Crippen molar-refractivity contribution < 1.29 is 5.11 Å². The fourth-order valence-corrected chi connectivity index (χ4v) is 2.71. The van der Waals surface area contributed by atoms with E-state index in [4.69, 9.17) is 0 Å². The van der Waals surface area contributed by atoms with E-state index in [1.54, 1.807) is 6.07 Å². The molecule has 0 bridgehead atoms. The lowest BCUT2D eigenvalue weighted by Gasteiger charge is -2.09. The lowest BCUT2D eigenvalue weighted by molar-refractivity contribution is 0.466. The quantitative estimate of drug-likeness (QED) is 0.798. The number of phenols is 1. The monoisotopic (exact) mass is 209 g/mol. The molecule has 2 N–H and O–H groups in total. The molecule has 76 valence electrons. The number of aromatic hydroxyl groups is 1. The number of rotatable bonds is 3. The molecule has 1 aliphatic rings. The van der Waals surface area contributed by atoms with E-state index in [1.165, 1.54) is 5.75 Å². The van der Waals surface area contributed by atoms with Crippen molar-refractivity contribution in [2.45, 2.75) is 18.2 Å². The normalized spacial score (nSPS) is 21.3. The van der Waals surface area contributed by atoms with Crippen molar-refractivity contribution in [3.63, 3.8) is 0 Å². The van der Waals surface area contributed by atoms with Gasteiger partial charge in [0.05, 0.1) is 5.37 Å². The van der Waals surface area contributed by atoms with Crippen LogP contribution >= 0.6 is 11.8 Å². The van der Waals surface area contributed by atoms with Crippen LogP contribution in [0.4, 0.5) is 0 Å². The number of thioether (sulfide) groups is 1. The van der Waals surface area contributed by atoms with Gasteiger partial charge >= 0.3 is 0 Å². The van der Waals surface area contributed by atoms with Crippen molar-refractivity contribution in [3.8, 4) is 5.75 Å². The highest BCUT2D eigenvalue weighted by atomic mass is 32.2. The zero-order chi connectivity index (χ0) is 9.80. The first kappa shape index (κ1) is 9.87. The molecule has 0 spiro atoms. The highest BCUT2D eigenvalue weighted by Crippen LogP contribution is 2.22. The third-order valence-corrected chi connectivity index (χ3v) is 3.71. The van der Waals surface area contributed by atoms with Gasteiger partial charge in [-0.1, -0.05) is 18.2 Å². The molecule has 0 radical (unpaired) electrons. The summed E-state index contributed by atoms with van der Waals surface area (Å²) in [6, 6.07) is 7.59. The van der Waals surface area contributed by atoms with Crippen molar-refractivity contribution in [1.82, 2.24) is 5.32 Å². The van der Waals surface area contributed by atoms with Crippen molar-refractivity contribution in [2.75, 3.05) is 12.3 Å². The SMILES string of the molecule is Oc1ccccc1CCC1NCCS1. The topological polar surface area (TPSA) is 32.3 Å². The molecule has 1 atom stereocenters. The third kappa shape index (κ3) is 2.42. The number of nitrogens with one attached hydrogen (secondary N) is 1. The van der Waals surface area contributed by atoms with Crippen LogP contribution in [0.2, 0.25) is 0 Å². The standard InChI is InChI=1S/C11H15NOS/c13-10-4-2-1-3-9(10)5-6-11-12-7-8-14-11/h1-4,11-13H,5-8H2. The van der Waals surface area contributed by atoms with Crippen LogP contribution in [0.15, 0.2) is 24.3 Å². The lowest BCUT2D eigenvalue weighted by atomic mass is 10.1. The van der Waals surface area contributed by atoms with E-state index in [-0.39, 0.29) is 0 Å². The summed E-state index contributed by atoms with van der Waals surface area (Å²) in [6.45, 7) is 1.12. The van der Waals surface area contributed by atoms with Crippen molar-refractivity contribution in [3.05, 3.63) is 29.8 Å². The molecule has 1 aliphatic heterocycles. The number of aryl methyl sites for hydroxylation is 1. The second kappa shape index (κ2) is 4.71. The fourth-order valence-electron chi connectivity index (χ4n) is 1.67. The van der Waals surface area contributed by atoms with Crippen LogP contribution in [0.1, 0.15) is 12.0 Å². The van der Waals surface area contributed by atoms with Gasteiger partial charge in [-0.15, -0.1) is 11.8 Å². The summed E-state index contributed by atoms with van der Waals surface area (Å²) in [5.74, 6) is 1.64. The van der Waals surface area contributed by atoms with E-state index in [2.05, 4.69) is 5.32 Å². The van der Waals surface area contributed by atoms with Gasteiger partial charge in [-0.25, -0.2) is 0 Å². The summed E-state index contributed by atoms with van der Waals surface area (Å²) < 4.78 is 0. The lowest BCUT2D eigenvalue weighted by Crippen LogP contribution is -2.19. The van der Waals surface area contributed by atoms with Crippen molar-refractivity contribution in [1.29, 1.82) is 0 Å². The summed E-state index contributed by atoms with van der Waals surface area (Å²) in [4.78, 5) is 0. The first-order valence-electron chi connectivity index (χ1n) is 4.98. The van der Waals surface area contributed by atoms with E-state index in [0.29, 0.717) is 11.1 Å². The Morgan fingerprint density at radius 2 is 2.29 bits per heavy atom. The number of phenolic OH excluding ortho intramolecular Hbond substituents is 1. The molecular weight excluding hydrogens is 194 g/mol. The van der Waals surface area contributed by atoms with Crippen LogP contribution in [0.5, 0.6) is 5.75 Å². The maximum absolute atomic E-state index is 9.56. The Morgan fingerprint density at radius 1 is 1.43 bits per heavy atom.